The van der Waals surface area contributed by atoms with Crippen molar-refractivity contribution in [2.45, 2.75) is 52.6 Å². The van der Waals surface area contributed by atoms with Gasteiger partial charge in [0.1, 0.15) is 5.82 Å². The van der Waals surface area contributed by atoms with Crippen LogP contribution in [0, 0.1) is 30.3 Å². The number of rotatable bonds is 9. The number of hydrogen-bond donors (Lipinski definition) is 0. The van der Waals surface area contributed by atoms with E-state index in [0.29, 0.717) is 18.0 Å². The number of hydrogen-bond acceptors (Lipinski definition) is 4. The van der Waals surface area contributed by atoms with Gasteiger partial charge in [-0.2, -0.15) is 5.10 Å². The smallest absolute Gasteiger partial charge is 0.194 e. The molecule has 9 heteroatoms. The van der Waals surface area contributed by atoms with E-state index in [0.717, 1.165) is 53.3 Å². The quantitative estimate of drug-likeness (QED) is 0.232. The molecule has 0 unspecified atom stereocenters. The molecule has 1 saturated carbocycles. The van der Waals surface area contributed by atoms with E-state index < -0.39 is 17.5 Å². The molecule has 0 saturated heterocycles. The van der Waals surface area contributed by atoms with Crippen molar-refractivity contribution in [2.24, 2.45) is 18.0 Å². The van der Waals surface area contributed by atoms with E-state index in [1.807, 2.05) is 18.9 Å². The Morgan fingerprint density at radius 1 is 1.11 bits per heavy atom. The molecule has 0 radical (unpaired) electrons. The summed E-state index contributed by atoms with van der Waals surface area (Å²) in [7, 11) is 3.54. The Balaban J connectivity index is 1.71. The molecule has 2 heterocycles. The molecular formula is C26H33F3N6. The van der Waals surface area contributed by atoms with E-state index in [2.05, 4.69) is 28.0 Å². The van der Waals surface area contributed by atoms with Crippen molar-refractivity contribution in [3.05, 3.63) is 52.5 Å². The van der Waals surface area contributed by atoms with Crippen LogP contribution in [0.5, 0.6) is 0 Å². The number of nitrogens with zero attached hydrogens (tertiary/aromatic N) is 6. The fourth-order valence-electron chi connectivity index (χ4n) is 5.09. The van der Waals surface area contributed by atoms with Crippen molar-refractivity contribution in [1.29, 1.82) is 0 Å². The molecule has 0 aliphatic heterocycles. The number of halogens is 3. The first-order chi connectivity index (χ1) is 16.8. The summed E-state index contributed by atoms with van der Waals surface area (Å²) < 4.78 is 43.0. The lowest BCUT2D eigenvalue weighted by atomic mass is 10.1. The number of pyridine rings is 1. The lowest BCUT2D eigenvalue weighted by molar-refractivity contribution is 0.407. The van der Waals surface area contributed by atoms with Gasteiger partial charge in [0.15, 0.2) is 23.1 Å². The molecule has 188 valence electrons. The van der Waals surface area contributed by atoms with E-state index in [1.54, 1.807) is 18.1 Å². The highest BCUT2D eigenvalue weighted by atomic mass is 19.2. The van der Waals surface area contributed by atoms with E-state index in [-0.39, 0.29) is 6.54 Å². The third-order valence-corrected chi connectivity index (χ3v) is 6.77. The predicted octanol–water partition coefficient (Wildman–Crippen LogP) is 5.37. The zero-order valence-electron chi connectivity index (χ0n) is 20.9. The Hall–Kier alpha value is -3.10. The van der Waals surface area contributed by atoms with E-state index in [9.17, 15) is 13.2 Å². The lowest BCUT2D eigenvalue weighted by Gasteiger charge is -2.29. The van der Waals surface area contributed by atoms with Crippen LogP contribution < -0.4 is 4.90 Å². The highest BCUT2D eigenvalue weighted by molar-refractivity contribution is 5.81. The predicted molar refractivity (Wildman–Crippen MR) is 133 cm³/mol. The number of benzene rings is 1. The number of aromatic nitrogens is 3. The number of aryl methyl sites for hydroxylation is 2. The van der Waals surface area contributed by atoms with Gasteiger partial charge >= 0.3 is 0 Å². The maximum absolute atomic E-state index is 13.8. The first kappa shape index (κ1) is 25.0. The Bertz CT molecular complexity index is 1190. The zero-order valence-corrected chi connectivity index (χ0v) is 20.9. The molecule has 35 heavy (non-hydrogen) atoms. The fraction of sp³-hybridized carbons (Fsp3) is 0.500. The SMILES string of the molecule is CCN(CC1CCCC1)c1nc2c(cc1CN(C=NC)Cc1cc(F)c(F)c(F)c1)c(C)nn2C. The van der Waals surface area contributed by atoms with Gasteiger partial charge in [0.2, 0.25) is 0 Å². The van der Waals surface area contributed by atoms with Crippen LogP contribution in [-0.2, 0) is 20.1 Å². The summed E-state index contributed by atoms with van der Waals surface area (Å²) in [6.45, 7) is 6.44. The summed E-state index contributed by atoms with van der Waals surface area (Å²) in [6.07, 6.45) is 6.64. The Labute approximate surface area is 204 Å². The summed E-state index contributed by atoms with van der Waals surface area (Å²) in [5.41, 5.74) is 3.02. The fourth-order valence-corrected chi connectivity index (χ4v) is 5.09. The van der Waals surface area contributed by atoms with Crippen molar-refractivity contribution in [2.75, 3.05) is 25.0 Å². The first-order valence-electron chi connectivity index (χ1n) is 12.2. The molecule has 0 bridgehead atoms. The van der Waals surface area contributed by atoms with Crippen molar-refractivity contribution in [3.63, 3.8) is 0 Å². The van der Waals surface area contributed by atoms with Gasteiger partial charge in [-0.1, -0.05) is 12.8 Å². The van der Waals surface area contributed by atoms with Gasteiger partial charge in [-0.25, -0.2) is 18.2 Å². The first-order valence-corrected chi connectivity index (χ1v) is 12.2. The van der Waals surface area contributed by atoms with Crippen LogP contribution in [-0.4, -0.2) is 46.1 Å². The van der Waals surface area contributed by atoms with Crippen molar-refractivity contribution in [3.8, 4) is 0 Å². The zero-order chi connectivity index (χ0) is 25.1. The van der Waals surface area contributed by atoms with Crippen LogP contribution in [0.2, 0.25) is 0 Å². The molecule has 0 atom stereocenters. The third-order valence-electron chi connectivity index (χ3n) is 6.77. The van der Waals surface area contributed by atoms with Gasteiger partial charge in [-0.3, -0.25) is 9.67 Å². The number of aliphatic imine (C=N–C) groups is 1. The van der Waals surface area contributed by atoms with Gasteiger partial charge in [0.25, 0.3) is 0 Å². The molecular weight excluding hydrogens is 453 g/mol. The molecule has 1 aliphatic carbocycles. The normalized spacial score (nSPS) is 14.5. The van der Waals surface area contributed by atoms with E-state index in [1.165, 1.54) is 25.7 Å². The van der Waals surface area contributed by atoms with Crippen molar-refractivity contribution in [1.82, 2.24) is 19.7 Å². The largest absolute Gasteiger partial charge is 0.356 e. The van der Waals surface area contributed by atoms with Gasteiger partial charge in [-0.05, 0) is 56.4 Å². The number of anilines is 1. The molecule has 0 amide bonds. The monoisotopic (exact) mass is 486 g/mol. The Kier molecular flexibility index (Phi) is 7.62. The Morgan fingerprint density at radius 3 is 2.43 bits per heavy atom. The van der Waals surface area contributed by atoms with Crippen LogP contribution in [0.15, 0.2) is 23.2 Å². The molecule has 0 spiro atoms. The van der Waals surface area contributed by atoms with Crippen molar-refractivity contribution < 1.29 is 13.2 Å². The van der Waals surface area contributed by atoms with E-state index >= 15 is 0 Å². The molecule has 1 fully saturated rings. The topological polar surface area (TPSA) is 49.6 Å². The minimum absolute atomic E-state index is 0.170. The molecule has 2 aromatic heterocycles. The average molecular weight is 487 g/mol. The maximum Gasteiger partial charge on any atom is 0.194 e. The standard InChI is InChI=1S/C26H33F3N6/c1-5-35(14-18-8-6-7-9-18)25-20(12-21-17(2)32-33(4)26(21)31-25)15-34(16-30-3)13-19-10-22(27)24(29)23(28)11-19/h10-12,16,18H,5-9,13-15H2,1-4H3. The molecule has 0 N–H and O–H groups in total. The maximum atomic E-state index is 13.8. The number of fused-ring (bicyclic) bond motifs is 1. The second-order valence-corrected chi connectivity index (χ2v) is 9.39. The molecule has 6 nitrogen and oxygen atoms in total. The lowest BCUT2D eigenvalue weighted by Crippen LogP contribution is -2.31. The van der Waals surface area contributed by atoms with Gasteiger partial charge < -0.3 is 9.80 Å². The molecule has 4 rings (SSSR count). The van der Waals surface area contributed by atoms with Crippen LogP contribution in [0.1, 0.15) is 49.4 Å². The summed E-state index contributed by atoms with van der Waals surface area (Å²) in [6, 6.07) is 4.17. The minimum atomic E-state index is -1.46. The molecule has 1 aliphatic rings. The summed E-state index contributed by atoms with van der Waals surface area (Å²) in [5, 5.41) is 5.52. The summed E-state index contributed by atoms with van der Waals surface area (Å²) >= 11 is 0. The second kappa shape index (κ2) is 10.7. The van der Waals surface area contributed by atoms with Crippen LogP contribution in [0.3, 0.4) is 0 Å². The van der Waals surface area contributed by atoms with Crippen LogP contribution >= 0.6 is 0 Å². The molecule has 3 aromatic rings. The van der Waals surface area contributed by atoms with E-state index in [4.69, 9.17) is 4.98 Å². The van der Waals surface area contributed by atoms with Crippen LogP contribution in [0.4, 0.5) is 19.0 Å². The van der Waals surface area contributed by atoms with Gasteiger partial charge in [0, 0.05) is 51.2 Å². The van der Waals surface area contributed by atoms with Crippen molar-refractivity contribution >= 4 is 23.2 Å². The highest BCUT2D eigenvalue weighted by Crippen LogP contribution is 2.31. The third kappa shape index (κ3) is 5.44. The highest BCUT2D eigenvalue weighted by Gasteiger charge is 2.23. The second-order valence-electron chi connectivity index (χ2n) is 9.39. The summed E-state index contributed by atoms with van der Waals surface area (Å²) in [4.78, 5) is 13.4. The van der Waals surface area contributed by atoms with Gasteiger partial charge in [-0.15, -0.1) is 0 Å². The van der Waals surface area contributed by atoms with Crippen LogP contribution in [0.25, 0.3) is 11.0 Å². The molecule has 1 aromatic carbocycles. The average Bonchev–Trinajstić information content (AvgIpc) is 3.43. The Morgan fingerprint density at radius 2 is 1.80 bits per heavy atom. The minimum Gasteiger partial charge on any atom is -0.356 e. The summed E-state index contributed by atoms with van der Waals surface area (Å²) in [5.74, 6) is -2.32. The van der Waals surface area contributed by atoms with Gasteiger partial charge in [0.05, 0.1) is 12.0 Å².